The number of ketones is 1. The molecule has 3 aliphatic rings. The van der Waals surface area contributed by atoms with E-state index >= 15 is 0 Å². The number of primary amides is 1. The molecule has 0 aromatic rings. The van der Waals surface area contributed by atoms with Gasteiger partial charge in [0.1, 0.15) is 12.1 Å². The van der Waals surface area contributed by atoms with Crippen LogP contribution in [0.15, 0.2) is 0 Å². The fourth-order valence-corrected chi connectivity index (χ4v) is 7.30. The standard InChI is InChI=1S/C31H54N6O5S.C3H8.C2H6/c1-6-43-36(5)19-23(21-14-8-7-9-15-21)34-30(42)35-26(31(2,3)4)29(41)37-17-11-16-24(37)28(40)33-22(25(38)27(32)39)18-20-12-10-13-20;1-3-2;1-2/h20-24,26H,6-19H2,1-5H3,(H2,32,39)(H,33,40)(H2,34,35,42);3H2,1-2H3;1-2H3. The molecule has 2 aliphatic carbocycles. The average molecular weight is 697 g/mol. The molecule has 12 heteroatoms. The molecule has 4 unspecified atom stereocenters. The van der Waals surface area contributed by atoms with E-state index in [-0.39, 0.29) is 23.9 Å². The molecule has 0 aromatic heterocycles. The fraction of sp³-hybridized carbons (Fsp3) is 0.861. The van der Waals surface area contributed by atoms with Crippen molar-refractivity contribution in [2.75, 3.05) is 25.9 Å². The Labute approximate surface area is 295 Å². The molecule has 2 saturated carbocycles. The smallest absolute Gasteiger partial charge is 0.315 e. The van der Waals surface area contributed by atoms with Crippen LogP contribution < -0.4 is 21.7 Å². The maximum Gasteiger partial charge on any atom is 0.315 e. The molecule has 11 nitrogen and oxygen atoms in total. The summed E-state index contributed by atoms with van der Waals surface area (Å²) < 4.78 is 2.17. The number of carbonyl (C=O) groups is 5. The highest BCUT2D eigenvalue weighted by Crippen LogP contribution is 2.31. The molecule has 278 valence electrons. The van der Waals surface area contributed by atoms with Crippen LogP contribution in [0.4, 0.5) is 4.79 Å². The van der Waals surface area contributed by atoms with Crippen LogP contribution in [-0.4, -0.2) is 88.8 Å². The van der Waals surface area contributed by atoms with Gasteiger partial charge < -0.3 is 26.6 Å². The quantitative estimate of drug-likeness (QED) is 0.140. The van der Waals surface area contributed by atoms with Gasteiger partial charge in [-0.3, -0.25) is 23.5 Å². The second-order valence-corrected chi connectivity index (χ2v) is 15.8. The van der Waals surface area contributed by atoms with Crippen LogP contribution in [0.1, 0.15) is 132 Å². The highest BCUT2D eigenvalue weighted by Gasteiger charge is 2.43. The van der Waals surface area contributed by atoms with Gasteiger partial charge in [0.25, 0.3) is 5.91 Å². The first-order valence-corrected chi connectivity index (χ1v) is 19.5. The first kappa shape index (κ1) is 43.7. The summed E-state index contributed by atoms with van der Waals surface area (Å²) in [4.78, 5) is 66.6. The first-order valence-electron chi connectivity index (χ1n) is 18.6. The van der Waals surface area contributed by atoms with Crippen LogP contribution in [0, 0.1) is 17.3 Å². The summed E-state index contributed by atoms with van der Waals surface area (Å²) in [6.45, 7) is 17.1. The van der Waals surface area contributed by atoms with Crippen molar-refractivity contribution < 1.29 is 24.0 Å². The number of nitrogens with two attached hydrogens (primary N) is 1. The molecule has 3 fully saturated rings. The number of hydrogen-bond donors (Lipinski definition) is 4. The molecule has 1 saturated heterocycles. The molecule has 3 rings (SSSR count). The van der Waals surface area contributed by atoms with Gasteiger partial charge in [-0.05, 0) is 56.4 Å². The number of carbonyl (C=O) groups excluding carboxylic acids is 5. The molecule has 5 N–H and O–H groups in total. The summed E-state index contributed by atoms with van der Waals surface area (Å²) in [5.74, 6) is -1.08. The number of likely N-dealkylation sites (tertiary alicyclic amines) is 1. The lowest BCUT2D eigenvalue weighted by atomic mass is 9.80. The van der Waals surface area contributed by atoms with Gasteiger partial charge in [-0.2, -0.15) is 0 Å². The lowest BCUT2D eigenvalue weighted by molar-refractivity contribution is -0.143. The van der Waals surface area contributed by atoms with Crippen molar-refractivity contribution in [1.29, 1.82) is 0 Å². The zero-order chi connectivity index (χ0) is 36.4. The number of urea groups is 1. The van der Waals surface area contributed by atoms with Crippen molar-refractivity contribution in [3.8, 4) is 0 Å². The van der Waals surface area contributed by atoms with Gasteiger partial charge in [0.15, 0.2) is 0 Å². The second kappa shape index (κ2) is 22.4. The highest BCUT2D eigenvalue weighted by molar-refractivity contribution is 7.96. The Kier molecular flexibility index (Phi) is 20.4. The topological polar surface area (TPSA) is 154 Å². The molecule has 1 heterocycles. The maximum absolute atomic E-state index is 14.0. The normalized spacial score (nSPS) is 20.1. The summed E-state index contributed by atoms with van der Waals surface area (Å²) in [5.41, 5.74) is 4.66. The van der Waals surface area contributed by atoms with E-state index in [2.05, 4.69) is 41.0 Å². The Morgan fingerprint density at radius 3 is 1.98 bits per heavy atom. The van der Waals surface area contributed by atoms with Gasteiger partial charge in [-0.15, -0.1) is 0 Å². The van der Waals surface area contributed by atoms with E-state index in [9.17, 15) is 24.0 Å². The number of likely N-dealkylation sites (N-methyl/N-ethyl adjacent to an activating group) is 1. The van der Waals surface area contributed by atoms with Crippen LogP contribution in [-0.2, 0) is 19.2 Å². The van der Waals surface area contributed by atoms with Crippen LogP contribution in [0.25, 0.3) is 0 Å². The zero-order valence-electron chi connectivity index (χ0n) is 31.5. The Morgan fingerprint density at radius 2 is 1.48 bits per heavy atom. The van der Waals surface area contributed by atoms with Crippen LogP contribution in [0.3, 0.4) is 0 Å². The Bertz CT molecular complexity index is 1010. The number of rotatable bonds is 14. The van der Waals surface area contributed by atoms with Crippen molar-refractivity contribution in [3.63, 3.8) is 0 Å². The van der Waals surface area contributed by atoms with E-state index in [0.29, 0.717) is 38.3 Å². The number of nitrogens with zero attached hydrogens (tertiary/aromatic N) is 2. The van der Waals surface area contributed by atoms with Gasteiger partial charge in [0.05, 0.1) is 6.04 Å². The number of Topliss-reactive ketones (excluding diaryl/α,β-unsaturated/α-hetero) is 1. The Hall–Kier alpha value is -2.34. The Balaban J connectivity index is 0.00000218. The lowest BCUT2D eigenvalue weighted by Crippen LogP contribution is -2.61. The van der Waals surface area contributed by atoms with E-state index in [4.69, 9.17) is 5.73 Å². The summed E-state index contributed by atoms with van der Waals surface area (Å²) in [6.07, 6.45) is 11.3. The molecule has 48 heavy (non-hydrogen) atoms. The third-order valence-corrected chi connectivity index (χ3v) is 10.1. The second-order valence-electron chi connectivity index (χ2n) is 14.4. The highest BCUT2D eigenvalue weighted by atomic mass is 32.2. The van der Waals surface area contributed by atoms with Crippen LogP contribution >= 0.6 is 11.9 Å². The van der Waals surface area contributed by atoms with E-state index in [1.165, 1.54) is 17.7 Å². The third kappa shape index (κ3) is 14.3. The maximum atomic E-state index is 14.0. The molecule has 0 spiro atoms. The summed E-state index contributed by atoms with van der Waals surface area (Å²) in [7, 11) is 2.04. The van der Waals surface area contributed by atoms with E-state index < -0.39 is 41.1 Å². The molecule has 1 aliphatic heterocycles. The largest absolute Gasteiger partial charge is 0.363 e. The molecule has 5 amide bonds. The summed E-state index contributed by atoms with van der Waals surface area (Å²) >= 11 is 1.72. The molecule has 0 radical (unpaired) electrons. The predicted molar refractivity (Wildman–Crippen MR) is 196 cm³/mol. The molecule has 0 bridgehead atoms. The van der Waals surface area contributed by atoms with Crippen molar-refractivity contribution in [2.45, 2.75) is 157 Å². The van der Waals surface area contributed by atoms with Crippen molar-refractivity contribution in [1.82, 2.24) is 25.2 Å². The average Bonchev–Trinajstić information content (AvgIpc) is 3.52. The van der Waals surface area contributed by atoms with Crippen molar-refractivity contribution in [3.05, 3.63) is 0 Å². The number of amides is 5. The summed E-state index contributed by atoms with van der Waals surface area (Å²) in [5, 5.41) is 8.91. The van der Waals surface area contributed by atoms with E-state index in [0.717, 1.165) is 50.7 Å². The third-order valence-electron chi connectivity index (χ3n) is 9.24. The first-order chi connectivity index (χ1) is 22.7. The van der Waals surface area contributed by atoms with Crippen molar-refractivity contribution >= 4 is 41.5 Å². The van der Waals surface area contributed by atoms with Crippen LogP contribution in [0.5, 0.6) is 0 Å². The Morgan fingerprint density at radius 1 is 0.875 bits per heavy atom. The number of hydrogen-bond acceptors (Lipinski definition) is 7. The lowest BCUT2D eigenvalue weighted by Gasteiger charge is -2.37. The predicted octanol–water partition coefficient (Wildman–Crippen LogP) is 5.41. The van der Waals surface area contributed by atoms with E-state index in [1.807, 2.05) is 41.7 Å². The minimum absolute atomic E-state index is 0.0409. The van der Waals surface area contributed by atoms with Gasteiger partial charge in [0.2, 0.25) is 17.6 Å². The SMILES string of the molecule is CC.CCC.CCSN(C)CC(NC(=O)NC(C(=O)N1CCCC1C(=O)NC(CC1CCC1)C(=O)C(N)=O)C(C)(C)C)C1CCCCC1. The van der Waals surface area contributed by atoms with Gasteiger partial charge >= 0.3 is 6.03 Å². The minimum atomic E-state index is -1.07. The van der Waals surface area contributed by atoms with Crippen molar-refractivity contribution in [2.24, 2.45) is 23.0 Å². The monoisotopic (exact) mass is 696 g/mol. The molecule has 0 aromatic carbocycles. The molecular formula is C36H68N6O5S. The van der Waals surface area contributed by atoms with Gasteiger partial charge in [-0.1, -0.05) is 112 Å². The summed E-state index contributed by atoms with van der Waals surface area (Å²) in [6, 6.07) is -3.07. The van der Waals surface area contributed by atoms with Crippen LogP contribution in [0.2, 0.25) is 0 Å². The molecule has 4 atom stereocenters. The molecular weight excluding hydrogens is 629 g/mol. The minimum Gasteiger partial charge on any atom is -0.363 e. The van der Waals surface area contributed by atoms with Gasteiger partial charge in [0, 0.05) is 24.9 Å². The fourth-order valence-electron chi connectivity index (χ4n) is 6.59. The van der Waals surface area contributed by atoms with Gasteiger partial charge in [-0.25, -0.2) is 4.79 Å². The zero-order valence-corrected chi connectivity index (χ0v) is 32.3. The van der Waals surface area contributed by atoms with E-state index in [1.54, 1.807) is 11.9 Å². The number of nitrogens with one attached hydrogen (secondary N) is 3.